The van der Waals surface area contributed by atoms with E-state index in [9.17, 15) is 0 Å². The zero-order valence-electron chi connectivity index (χ0n) is 11.9. The first-order valence-electron chi connectivity index (χ1n) is 6.69. The number of alkyl halides is 1. The lowest BCUT2D eigenvalue weighted by atomic mass is 10.2. The van der Waals surface area contributed by atoms with E-state index in [1.807, 2.05) is 37.5 Å². The molecule has 2 aromatic rings. The van der Waals surface area contributed by atoms with Crippen molar-refractivity contribution in [3.05, 3.63) is 29.6 Å². The topological polar surface area (TPSA) is 50.8 Å². The molecule has 5 heteroatoms. The molecule has 1 aromatic carbocycles. The number of rotatable bonds is 5. The summed E-state index contributed by atoms with van der Waals surface area (Å²) in [6.45, 7) is 7.18. The molecule has 0 aliphatic rings. The third-order valence-corrected chi connectivity index (χ3v) is 3.22. The van der Waals surface area contributed by atoms with E-state index in [0.717, 1.165) is 16.9 Å². The molecule has 0 fully saturated rings. The Labute approximate surface area is 123 Å². The van der Waals surface area contributed by atoms with Crippen molar-refractivity contribution < 1.29 is 4.74 Å². The Kier molecular flexibility index (Phi) is 4.64. The molecule has 20 heavy (non-hydrogen) atoms. The van der Waals surface area contributed by atoms with E-state index in [0.29, 0.717) is 18.7 Å². The quantitative estimate of drug-likeness (QED) is 0.790. The molecule has 2 rings (SSSR count). The molecule has 1 unspecified atom stereocenters. The minimum absolute atomic E-state index is 0.188. The van der Waals surface area contributed by atoms with Crippen LogP contribution in [-0.2, 0) is 11.3 Å². The monoisotopic (exact) mass is 291 g/mol. The smallest absolute Gasteiger partial charge is 0.127 e. The van der Waals surface area contributed by atoms with Gasteiger partial charge in [-0.15, -0.1) is 11.6 Å². The number of fused-ring (bicyclic) bond motifs is 1. The van der Waals surface area contributed by atoms with Crippen molar-refractivity contribution in [2.75, 3.05) is 6.61 Å². The summed E-state index contributed by atoms with van der Waals surface area (Å²) in [5.41, 5.74) is 2.41. The molecule has 4 nitrogen and oxygen atoms in total. The van der Waals surface area contributed by atoms with E-state index in [1.54, 1.807) is 6.07 Å². The Hall–Kier alpha value is -1.57. The van der Waals surface area contributed by atoms with Crippen LogP contribution in [0.15, 0.2) is 18.2 Å². The van der Waals surface area contributed by atoms with Crippen LogP contribution in [0.3, 0.4) is 0 Å². The van der Waals surface area contributed by atoms with E-state index in [1.165, 1.54) is 0 Å². The summed E-state index contributed by atoms with van der Waals surface area (Å²) in [5.74, 6) is 0.809. The van der Waals surface area contributed by atoms with E-state index in [-0.39, 0.29) is 11.5 Å². The van der Waals surface area contributed by atoms with Crippen LogP contribution >= 0.6 is 11.6 Å². The van der Waals surface area contributed by atoms with Gasteiger partial charge in [-0.1, -0.05) is 0 Å². The van der Waals surface area contributed by atoms with Crippen molar-refractivity contribution in [3.63, 3.8) is 0 Å². The Balaban J connectivity index is 2.41. The van der Waals surface area contributed by atoms with Crippen molar-refractivity contribution >= 4 is 22.6 Å². The molecule has 1 aromatic heterocycles. The van der Waals surface area contributed by atoms with Crippen molar-refractivity contribution in [2.45, 2.75) is 38.8 Å². The van der Waals surface area contributed by atoms with Gasteiger partial charge in [-0.2, -0.15) is 5.26 Å². The lowest BCUT2D eigenvalue weighted by molar-refractivity contribution is 0.0729. The maximum Gasteiger partial charge on any atom is 0.127 e. The van der Waals surface area contributed by atoms with Gasteiger partial charge in [0.15, 0.2) is 0 Å². The summed E-state index contributed by atoms with van der Waals surface area (Å²) in [6, 6.07) is 7.63. The number of nitrogens with zero attached hydrogens (tertiary/aromatic N) is 3. The van der Waals surface area contributed by atoms with E-state index in [2.05, 4.69) is 11.1 Å². The predicted molar refractivity (Wildman–Crippen MR) is 79.8 cm³/mol. The minimum atomic E-state index is -0.188. The summed E-state index contributed by atoms with van der Waals surface area (Å²) in [5, 5.41) is 8.83. The summed E-state index contributed by atoms with van der Waals surface area (Å²) >= 11 is 6.21. The first-order chi connectivity index (χ1) is 9.52. The Morgan fingerprint density at radius 3 is 2.75 bits per heavy atom. The highest BCUT2D eigenvalue weighted by atomic mass is 35.5. The lowest BCUT2D eigenvalue weighted by Crippen LogP contribution is -2.13. The van der Waals surface area contributed by atoms with Crippen molar-refractivity contribution in [1.29, 1.82) is 5.26 Å². The second-order valence-corrected chi connectivity index (χ2v) is 5.63. The van der Waals surface area contributed by atoms with Gasteiger partial charge in [0.2, 0.25) is 0 Å². The Bertz CT molecular complexity index is 640. The van der Waals surface area contributed by atoms with Crippen LogP contribution in [-0.4, -0.2) is 22.3 Å². The normalized spacial score (nSPS) is 12.8. The van der Waals surface area contributed by atoms with Crippen molar-refractivity contribution in [3.8, 4) is 6.07 Å². The first-order valence-corrected chi connectivity index (χ1v) is 7.12. The third-order valence-electron chi connectivity index (χ3n) is 3.03. The Morgan fingerprint density at radius 1 is 1.40 bits per heavy atom. The minimum Gasteiger partial charge on any atom is -0.377 e. The first kappa shape index (κ1) is 14.8. The summed E-state index contributed by atoms with van der Waals surface area (Å²) in [6.07, 6.45) is 0.191. The Morgan fingerprint density at radius 2 is 2.15 bits per heavy atom. The SMILES string of the molecule is CC(C)OCCn1c(C(C)Cl)nc2ccc(C#N)cc21. The molecule has 106 valence electrons. The van der Waals surface area contributed by atoms with Crippen LogP contribution in [0.2, 0.25) is 0 Å². The number of halogens is 1. The van der Waals surface area contributed by atoms with Crippen LogP contribution < -0.4 is 0 Å². The number of hydrogen-bond acceptors (Lipinski definition) is 3. The third kappa shape index (κ3) is 3.12. The number of imidazole rings is 1. The average Bonchev–Trinajstić information content (AvgIpc) is 2.76. The molecule has 0 aliphatic heterocycles. The molecular formula is C15H18ClN3O. The van der Waals surface area contributed by atoms with Crippen LogP contribution in [0.1, 0.15) is 37.5 Å². The molecule has 0 spiro atoms. The van der Waals surface area contributed by atoms with Gasteiger partial charge in [0.1, 0.15) is 5.82 Å². The van der Waals surface area contributed by atoms with Crippen molar-refractivity contribution in [1.82, 2.24) is 9.55 Å². The van der Waals surface area contributed by atoms with Gasteiger partial charge in [-0.05, 0) is 39.0 Å². The molecule has 0 radical (unpaired) electrons. The average molecular weight is 292 g/mol. The standard InChI is InChI=1S/C15H18ClN3O/c1-10(2)20-7-6-19-14-8-12(9-17)4-5-13(14)18-15(19)11(3)16/h4-5,8,10-11H,6-7H2,1-3H3. The highest BCUT2D eigenvalue weighted by Crippen LogP contribution is 2.25. The molecule has 0 saturated carbocycles. The van der Waals surface area contributed by atoms with E-state index < -0.39 is 0 Å². The zero-order chi connectivity index (χ0) is 14.7. The maximum atomic E-state index is 9.02. The second kappa shape index (κ2) is 6.25. The molecule has 1 heterocycles. The number of ether oxygens (including phenoxy) is 1. The molecule has 1 atom stereocenters. The van der Waals surface area contributed by atoms with Gasteiger partial charge in [0.25, 0.3) is 0 Å². The van der Waals surface area contributed by atoms with Gasteiger partial charge in [-0.25, -0.2) is 4.98 Å². The highest BCUT2D eigenvalue weighted by Gasteiger charge is 2.15. The lowest BCUT2D eigenvalue weighted by Gasteiger charge is -2.12. The molecular weight excluding hydrogens is 274 g/mol. The van der Waals surface area contributed by atoms with Crippen LogP contribution in [0, 0.1) is 11.3 Å². The van der Waals surface area contributed by atoms with Crippen LogP contribution in [0.25, 0.3) is 11.0 Å². The van der Waals surface area contributed by atoms with Gasteiger partial charge >= 0.3 is 0 Å². The predicted octanol–water partition coefficient (Wildman–Crippen LogP) is 3.63. The van der Waals surface area contributed by atoms with E-state index >= 15 is 0 Å². The van der Waals surface area contributed by atoms with Crippen LogP contribution in [0.5, 0.6) is 0 Å². The van der Waals surface area contributed by atoms with Gasteiger partial charge < -0.3 is 9.30 Å². The fourth-order valence-electron chi connectivity index (χ4n) is 2.13. The molecule has 0 amide bonds. The number of aromatic nitrogens is 2. The summed E-state index contributed by atoms with van der Waals surface area (Å²) in [4.78, 5) is 4.55. The highest BCUT2D eigenvalue weighted by molar-refractivity contribution is 6.20. The largest absolute Gasteiger partial charge is 0.377 e. The van der Waals surface area contributed by atoms with Gasteiger partial charge in [0.05, 0.1) is 40.8 Å². The molecule has 0 saturated heterocycles. The zero-order valence-corrected chi connectivity index (χ0v) is 12.7. The van der Waals surface area contributed by atoms with Crippen molar-refractivity contribution in [2.24, 2.45) is 0 Å². The summed E-state index contributed by atoms with van der Waals surface area (Å²) < 4.78 is 7.64. The second-order valence-electron chi connectivity index (χ2n) is 4.97. The molecule has 0 bridgehead atoms. The fraction of sp³-hybridized carbons (Fsp3) is 0.467. The maximum absolute atomic E-state index is 9.02. The van der Waals surface area contributed by atoms with Gasteiger partial charge in [0, 0.05) is 6.54 Å². The summed E-state index contributed by atoms with van der Waals surface area (Å²) in [7, 11) is 0. The van der Waals surface area contributed by atoms with Crippen LogP contribution in [0.4, 0.5) is 0 Å². The fourth-order valence-corrected chi connectivity index (χ4v) is 2.30. The molecule has 0 aliphatic carbocycles. The van der Waals surface area contributed by atoms with Gasteiger partial charge in [-0.3, -0.25) is 0 Å². The number of benzene rings is 1. The van der Waals surface area contributed by atoms with E-state index in [4.69, 9.17) is 21.6 Å². The molecule has 0 N–H and O–H groups in total. The number of nitriles is 1. The number of hydrogen-bond donors (Lipinski definition) is 0.